The number of benzene rings is 2. The number of sulfonamides is 1. The molecule has 0 radical (unpaired) electrons. The molecule has 0 bridgehead atoms. The Morgan fingerprint density at radius 3 is 2.46 bits per heavy atom. The summed E-state index contributed by atoms with van der Waals surface area (Å²) >= 11 is 0. The maximum Gasteiger partial charge on any atom is 0.251 e. The number of ether oxygens (including phenoxy) is 1. The average molecular weight is 378 g/mol. The molecule has 0 aromatic heterocycles. The third-order valence-electron chi connectivity index (χ3n) is 3.81. The molecule has 138 valence electrons. The molecule has 1 amide bonds. The molecule has 3 rings (SSSR count). The highest BCUT2D eigenvalue weighted by molar-refractivity contribution is 7.89. The van der Waals surface area contributed by atoms with Crippen LogP contribution >= 0.6 is 0 Å². The zero-order valence-electron chi connectivity index (χ0n) is 13.9. The Hall–Kier alpha value is -2.45. The first-order valence-electron chi connectivity index (χ1n) is 8.23. The van der Waals surface area contributed by atoms with Gasteiger partial charge in [-0.3, -0.25) is 4.79 Å². The maximum absolute atomic E-state index is 13.4. The van der Waals surface area contributed by atoms with Gasteiger partial charge in [0, 0.05) is 11.6 Å². The quantitative estimate of drug-likeness (QED) is 0.689. The first kappa shape index (κ1) is 18.3. The van der Waals surface area contributed by atoms with Crippen LogP contribution < -0.4 is 14.8 Å². The molecule has 2 aromatic rings. The van der Waals surface area contributed by atoms with E-state index in [4.69, 9.17) is 4.74 Å². The van der Waals surface area contributed by atoms with Crippen LogP contribution in [0.15, 0.2) is 53.4 Å². The van der Waals surface area contributed by atoms with E-state index in [1.807, 2.05) is 0 Å². The second-order valence-corrected chi connectivity index (χ2v) is 7.67. The molecule has 2 aromatic carbocycles. The lowest BCUT2D eigenvalue weighted by molar-refractivity contribution is 0.0946. The van der Waals surface area contributed by atoms with Crippen LogP contribution in [0.25, 0.3) is 0 Å². The van der Waals surface area contributed by atoms with Crippen LogP contribution in [0, 0.1) is 5.82 Å². The Morgan fingerprint density at radius 2 is 1.81 bits per heavy atom. The molecular weight excluding hydrogens is 359 g/mol. The van der Waals surface area contributed by atoms with E-state index < -0.39 is 15.8 Å². The molecule has 1 saturated carbocycles. The van der Waals surface area contributed by atoms with Crippen molar-refractivity contribution in [1.82, 2.24) is 10.0 Å². The van der Waals surface area contributed by atoms with E-state index in [2.05, 4.69) is 10.0 Å². The summed E-state index contributed by atoms with van der Waals surface area (Å²) in [5, 5.41) is 2.64. The molecule has 26 heavy (non-hydrogen) atoms. The van der Waals surface area contributed by atoms with Gasteiger partial charge in [-0.05, 0) is 49.2 Å². The molecule has 0 heterocycles. The number of carbonyl (C=O) groups is 1. The number of rotatable bonds is 8. The second-order valence-electron chi connectivity index (χ2n) is 5.95. The fraction of sp³-hybridized carbons (Fsp3) is 0.278. The summed E-state index contributed by atoms with van der Waals surface area (Å²) < 4.78 is 45.4. The van der Waals surface area contributed by atoms with Crippen molar-refractivity contribution in [2.75, 3.05) is 13.2 Å². The molecule has 1 fully saturated rings. The zero-order valence-corrected chi connectivity index (χ0v) is 14.8. The van der Waals surface area contributed by atoms with Gasteiger partial charge in [0.2, 0.25) is 10.0 Å². The molecule has 2 N–H and O–H groups in total. The van der Waals surface area contributed by atoms with Crippen LogP contribution in [0.4, 0.5) is 4.39 Å². The number of nitrogens with one attached hydrogen (secondary N) is 2. The van der Waals surface area contributed by atoms with E-state index in [0.29, 0.717) is 5.56 Å². The van der Waals surface area contributed by atoms with E-state index in [0.717, 1.165) is 12.8 Å². The highest BCUT2D eigenvalue weighted by Crippen LogP contribution is 2.22. The monoisotopic (exact) mass is 378 g/mol. The molecule has 0 unspecified atom stereocenters. The van der Waals surface area contributed by atoms with Crippen molar-refractivity contribution >= 4 is 15.9 Å². The largest absolute Gasteiger partial charge is 0.489 e. The predicted octanol–water partition coefficient (Wildman–Crippen LogP) is 2.08. The van der Waals surface area contributed by atoms with Crippen molar-refractivity contribution in [1.29, 1.82) is 0 Å². The van der Waals surface area contributed by atoms with Gasteiger partial charge in [-0.1, -0.05) is 12.1 Å². The molecule has 0 aliphatic heterocycles. The summed E-state index contributed by atoms with van der Waals surface area (Å²) in [5.74, 6) is -0.698. The van der Waals surface area contributed by atoms with Crippen LogP contribution in [-0.4, -0.2) is 33.5 Å². The van der Waals surface area contributed by atoms with Crippen molar-refractivity contribution in [2.45, 2.75) is 23.8 Å². The molecule has 8 heteroatoms. The van der Waals surface area contributed by atoms with Crippen molar-refractivity contribution in [3.05, 3.63) is 59.9 Å². The molecule has 1 aliphatic carbocycles. The van der Waals surface area contributed by atoms with Crippen molar-refractivity contribution in [3.63, 3.8) is 0 Å². The lowest BCUT2D eigenvalue weighted by Gasteiger charge is -2.09. The van der Waals surface area contributed by atoms with Gasteiger partial charge in [0.15, 0.2) is 11.6 Å². The van der Waals surface area contributed by atoms with Gasteiger partial charge in [0.05, 0.1) is 11.4 Å². The van der Waals surface area contributed by atoms with Gasteiger partial charge < -0.3 is 10.1 Å². The van der Waals surface area contributed by atoms with Crippen molar-refractivity contribution in [2.24, 2.45) is 0 Å². The van der Waals surface area contributed by atoms with E-state index in [-0.39, 0.29) is 35.7 Å². The van der Waals surface area contributed by atoms with Crippen LogP contribution in [0.1, 0.15) is 23.2 Å². The summed E-state index contributed by atoms with van der Waals surface area (Å²) in [7, 11) is -3.53. The summed E-state index contributed by atoms with van der Waals surface area (Å²) in [4.78, 5) is 12.2. The minimum atomic E-state index is -3.53. The SMILES string of the molecule is O=C(NCCOc1ccccc1F)c1ccc(S(=O)(=O)NC2CC2)cc1. The van der Waals surface area contributed by atoms with Gasteiger partial charge in [0.1, 0.15) is 6.61 Å². The van der Waals surface area contributed by atoms with Crippen LogP contribution in [0.5, 0.6) is 5.75 Å². The van der Waals surface area contributed by atoms with Gasteiger partial charge in [-0.25, -0.2) is 17.5 Å². The summed E-state index contributed by atoms with van der Waals surface area (Å²) in [5.41, 5.74) is 0.335. The Balaban J connectivity index is 1.49. The number of amides is 1. The van der Waals surface area contributed by atoms with Crippen LogP contribution in [0.2, 0.25) is 0 Å². The van der Waals surface area contributed by atoms with E-state index in [1.54, 1.807) is 12.1 Å². The molecular formula is C18H19FN2O4S. The first-order valence-corrected chi connectivity index (χ1v) is 9.72. The van der Waals surface area contributed by atoms with E-state index in [9.17, 15) is 17.6 Å². The Morgan fingerprint density at radius 1 is 1.12 bits per heavy atom. The second kappa shape index (κ2) is 7.84. The van der Waals surface area contributed by atoms with Gasteiger partial charge in [-0.15, -0.1) is 0 Å². The van der Waals surface area contributed by atoms with Crippen molar-refractivity contribution < 1.29 is 22.3 Å². The standard InChI is InChI=1S/C18H19FN2O4S/c19-16-3-1-2-4-17(16)25-12-11-20-18(22)13-5-9-15(10-6-13)26(23,24)21-14-7-8-14/h1-6,9-10,14,21H,7-8,11-12H2,(H,20,22). The van der Waals surface area contributed by atoms with Crippen LogP contribution in [-0.2, 0) is 10.0 Å². The van der Waals surface area contributed by atoms with E-state index >= 15 is 0 Å². The Labute approximate surface area is 151 Å². The highest BCUT2D eigenvalue weighted by Gasteiger charge is 2.27. The normalized spacial score (nSPS) is 14.0. The van der Waals surface area contributed by atoms with Crippen LogP contribution in [0.3, 0.4) is 0 Å². The molecule has 1 aliphatic rings. The first-order chi connectivity index (χ1) is 12.5. The fourth-order valence-corrected chi connectivity index (χ4v) is 3.57. The Kier molecular flexibility index (Phi) is 5.53. The summed E-state index contributed by atoms with van der Waals surface area (Å²) in [6.45, 7) is 0.306. The Bertz CT molecular complexity index is 880. The number of para-hydroxylation sites is 1. The van der Waals surface area contributed by atoms with Gasteiger partial charge >= 0.3 is 0 Å². The number of hydrogen-bond acceptors (Lipinski definition) is 4. The number of halogens is 1. The lowest BCUT2D eigenvalue weighted by Crippen LogP contribution is -2.28. The van der Waals surface area contributed by atoms with Gasteiger partial charge in [-0.2, -0.15) is 0 Å². The third kappa shape index (κ3) is 4.80. The van der Waals surface area contributed by atoms with E-state index in [1.165, 1.54) is 36.4 Å². The molecule has 6 nitrogen and oxygen atoms in total. The van der Waals surface area contributed by atoms with Gasteiger partial charge in [0.25, 0.3) is 5.91 Å². The lowest BCUT2D eigenvalue weighted by atomic mass is 10.2. The summed E-state index contributed by atoms with van der Waals surface area (Å²) in [6, 6.07) is 11.7. The molecule has 0 saturated heterocycles. The topological polar surface area (TPSA) is 84.5 Å². The fourth-order valence-electron chi connectivity index (χ4n) is 2.26. The molecule has 0 atom stereocenters. The number of hydrogen-bond donors (Lipinski definition) is 2. The molecule has 0 spiro atoms. The maximum atomic E-state index is 13.4. The smallest absolute Gasteiger partial charge is 0.251 e. The highest BCUT2D eigenvalue weighted by atomic mass is 32.2. The van der Waals surface area contributed by atoms with Crippen molar-refractivity contribution in [3.8, 4) is 5.75 Å². The minimum Gasteiger partial charge on any atom is -0.489 e. The number of carbonyl (C=O) groups excluding carboxylic acids is 1. The summed E-state index contributed by atoms with van der Waals surface area (Å²) in [6.07, 6.45) is 1.71. The zero-order chi connectivity index (χ0) is 18.6. The average Bonchev–Trinajstić information content (AvgIpc) is 3.43. The minimum absolute atomic E-state index is 0.0254. The predicted molar refractivity (Wildman–Crippen MR) is 94.0 cm³/mol. The third-order valence-corrected chi connectivity index (χ3v) is 5.34.